The number of aryl methyl sites for hydroxylation is 1. The molecule has 0 aliphatic carbocycles. The Bertz CT molecular complexity index is 1110. The van der Waals surface area contributed by atoms with Crippen LogP contribution in [0.5, 0.6) is 11.6 Å². The lowest BCUT2D eigenvalue weighted by atomic mass is 10.2. The van der Waals surface area contributed by atoms with E-state index in [9.17, 15) is 28.1 Å². The first-order valence-corrected chi connectivity index (χ1v) is 8.12. The van der Waals surface area contributed by atoms with E-state index in [-0.39, 0.29) is 28.7 Å². The summed E-state index contributed by atoms with van der Waals surface area (Å²) in [6.45, 7) is 1.40. The number of hydrogen-bond acceptors (Lipinski definition) is 8. The highest BCUT2D eigenvalue weighted by atomic mass is 19.4. The molecule has 0 fully saturated rings. The fraction of sp³-hybridized carbons (Fsp3) is 0.176. The van der Waals surface area contributed by atoms with Gasteiger partial charge in [-0.3, -0.25) is 10.1 Å². The largest absolute Gasteiger partial charge is 0.480 e. The van der Waals surface area contributed by atoms with Gasteiger partial charge in [0, 0.05) is 17.7 Å². The van der Waals surface area contributed by atoms with Crippen LogP contribution in [0, 0.1) is 17.0 Å². The van der Waals surface area contributed by atoms with E-state index >= 15 is 0 Å². The smallest absolute Gasteiger partial charge is 0.434 e. The lowest BCUT2D eigenvalue weighted by Gasteiger charge is -2.12. The van der Waals surface area contributed by atoms with Gasteiger partial charge in [0.15, 0.2) is 11.5 Å². The van der Waals surface area contributed by atoms with Crippen LogP contribution in [0.2, 0.25) is 0 Å². The van der Waals surface area contributed by atoms with Gasteiger partial charge in [0.1, 0.15) is 11.3 Å². The molecule has 2 aromatic heterocycles. The summed E-state index contributed by atoms with van der Waals surface area (Å²) < 4.78 is 51.2. The molecule has 1 aromatic carbocycles. The molecule has 156 valence electrons. The molecule has 0 saturated heterocycles. The lowest BCUT2D eigenvalue weighted by molar-refractivity contribution is -0.385. The molecule has 0 atom stereocenters. The van der Waals surface area contributed by atoms with Crippen LogP contribution in [0.4, 0.5) is 18.9 Å². The number of carbonyl (C=O) groups is 1. The average Bonchev–Trinajstić information content (AvgIpc) is 3.13. The molecule has 30 heavy (non-hydrogen) atoms. The molecule has 0 spiro atoms. The molecule has 0 aliphatic heterocycles. The van der Waals surface area contributed by atoms with Crippen molar-refractivity contribution in [1.82, 2.24) is 20.0 Å². The van der Waals surface area contributed by atoms with Gasteiger partial charge in [0.05, 0.1) is 18.2 Å². The maximum atomic E-state index is 13.7. The number of nitro groups is 1. The van der Waals surface area contributed by atoms with E-state index in [0.717, 1.165) is 12.1 Å². The number of benzene rings is 1. The number of hydrogen-bond donors (Lipinski definition) is 0. The summed E-state index contributed by atoms with van der Waals surface area (Å²) in [5.41, 5.74) is -2.33. The Balaban J connectivity index is 1.97. The molecule has 13 heteroatoms. The van der Waals surface area contributed by atoms with Gasteiger partial charge in [-0.2, -0.15) is 18.3 Å². The minimum Gasteiger partial charge on any atom is -0.480 e. The molecule has 3 rings (SSSR count). The van der Waals surface area contributed by atoms with Crippen molar-refractivity contribution in [3.8, 4) is 17.4 Å². The molecular weight excluding hydrogens is 411 g/mol. The summed E-state index contributed by atoms with van der Waals surface area (Å²) in [6.07, 6.45) is -4.28. The highest BCUT2D eigenvalue weighted by Gasteiger charge is 2.41. The maximum Gasteiger partial charge on any atom is 0.434 e. The van der Waals surface area contributed by atoms with E-state index in [2.05, 4.69) is 15.3 Å². The number of carbonyl (C=O) groups excluding carboxylic acids is 1. The number of halogens is 3. The van der Waals surface area contributed by atoms with E-state index in [4.69, 9.17) is 9.47 Å². The maximum absolute atomic E-state index is 13.7. The molecule has 0 N–H and O–H groups in total. The van der Waals surface area contributed by atoms with Crippen molar-refractivity contribution in [1.29, 1.82) is 0 Å². The molecule has 0 radical (unpaired) electrons. The third kappa shape index (κ3) is 4.04. The van der Waals surface area contributed by atoms with E-state index in [1.165, 1.54) is 32.2 Å². The first kappa shape index (κ1) is 20.7. The van der Waals surface area contributed by atoms with Crippen molar-refractivity contribution in [3.05, 3.63) is 63.5 Å². The zero-order valence-electron chi connectivity index (χ0n) is 15.4. The van der Waals surface area contributed by atoms with Gasteiger partial charge in [-0.25, -0.2) is 9.48 Å². The van der Waals surface area contributed by atoms with Crippen LogP contribution in [-0.4, -0.2) is 38.0 Å². The zero-order chi connectivity index (χ0) is 22.1. The molecule has 10 nitrogen and oxygen atoms in total. The fourth-order valence-corrected chi connectivity index (χ4v) is 2.54. The summed E-state index contributed by atoms with van der Waals surface area (Å²) in [5.74, 6) is -1.72. The number of esters is 1. The summed E-state index contributed by atoms with van der Waals surface area (Å²) >= 11 is 0. The Kier molecular flexibility index (Phi) is 5.36. The quantitative estimate of drug-likeness (QED) is 0.266. The first-order valence-electron chi connectivity index (χ1n) is 8.12. The minimum absolute atomic E-state index is 0.0765. The number of nitro benzene ring substituents is 1. The van der Waals surface area contributed by atoms with Crippen LogP contribution in [0.1, 0.15) is 21.6 Å². The predicted molar refractivity (Wildman–Crippen MR) is 93.5 cm³/mol. The second-order valence-corrected chi connectivity index (χ2v) is 5.85. The minimum atomic E-state index is -4.97. The average molecular weight is 423 g/mol. The second-order valence-electron chi connectivity index (χ2n) is 5.85. The van der Waals surface area contributed by atoms with E-state index in [1.54, 1.807) is 0 Å². The number of ether oxygens (including phenoxy) is 2. The summed E-state index contributed by atoms with van der Waals surface area (Å²) in [7, 11) is 1.31. The van der Waals surface area contributed by atoms with Crippen LogP contribution in [-0.2, 0) is 6.18 Å². The van der Waals surface area contributed by atoms with Crippen molar-refractivity contribution in [3.63, 3.8) is 0 Å². The van der Waals surface area contributed by atoms with Gasteiger partial charge < -0.3 is 9.47 Å². The Morgan fingerprint density at radius 3 is 2.47 bits per heavy atom. The highest BCUT2D eigenvalue weighted by molar-refractivity contribution is 5.92. The summed E-state index contributed by atoms with van der Waals surface area (Å²) in [6, 6.07) is 5.82. The number of aromatic nitrogens is 4. The van der Waals surface area contributed by atoms with Crippen molar-refractivity contribution in [2.75, 3.05) is 7.11 Å². The van der Waals surface area contributed by atoms with Gasteiger partial charge in [-0.05, 0) is 25.1 Å². The van der Waals surface area contributed by atoms with Gasteiger partial charge in [-0.1, -0.05) is 0 Å². The molecule has 0 aliphatic rings. The second kappa shape index (κ2) is 7.77. The van der Waals surface area contributed by atoms with Gasteiger partial charge in [0.2, 0.25) is 5.88 Å². The number of nitrogens with zero attached hydrogens (tertiary/aromatic N) is 5. The zero-order valence-corrected chi connectivity index (χ0v) is 15.4. The van der Waals surface area contributed by atoms with Crippen molar-refractivity contribution >= 4 is 11.7 Å². The van der Waals surface area contributed by atoms with Crippen LogP contribution in [0.25, 0.3) is 5.82 Å². The molecule has 0 amide bonds. The Morgan fingerprint density at radius 2 is 1.93 bits per heavy atom. The third-order valence-corrected chi connectivity index (χ3v) is 3.89. The molecule has 0 saturated carbocycles. The van der Waals surface area contributed by atoms with Gasteiger partial charge in [-0.15, -0.1) is 10.2 Å². The normalized spacial score (nSPS) is 11.2. The number of methoxy groups -OCH3 is 1. The van der Waals surface area contributed by atoms with Crippen molar-refractivity contribution in [2.45, 2.75) is 13.1 Å². The molecular formula is C17H12F3N5O5. The molecule has 3 aromatic rings. The SMILES string of the molecule is COc1ccc(-n2ncc(C(=O)Oc3ccc([N+](=O)[O-])c(C)c3)c2C(F)(F)F)nn1. The lowest BCUT2D eigenvalue weighted by Crippen LogP contribution is -2.20. The highest BCUT2D eigenvalue weighted by Crippen LogP contribution is 2.34. The molecule has 0 unspecified atom stereocenters. The summed E-state index contributed by atoms with van der Waals surface area (Å²) in [5, 5.41) is 21.6. The number of alkyl halides is 3. The van der Waals surface area contributed by atoms with Gasteiger partial charge >= 0.3 is 12.1 Å². The molecule has 0 bridgehead atoms. The van der Waals surface area contributed by atoms with Crippen LogP contribution < -0.4 is 9.47 Å². The standard InChI is InChI=1S/C17H12F3N5O5/c1-9-7-10(3-4-12(9)25(27)28)30-16(26)11-8-21-24(15(11)17(18,19)20)13-5-6-14(29-2)23-22-13/h3-8H,1-2H3. The Labute approximate surface area is 166 Å². The van der Waals surface area contributed by atoms with E-state index in [1.807, 2.05) is 0 Å². The van der Waals surface area contributed by atoms with Gasteiger partial charge in [0.25, 0.3) is 5.69 Å². The summed E-state index contributed by atoms with van der Waals surface area (Å²) in [4.78, 5) is 22.6. The molecule has 2 heterocycles. The van der Waals surface area contributed by atoms with Crippen LogP contribution in [0.3, 0.4) is 0 Å². The van der Waals surface area contributed by atoms with E-state index in [0.29, 0.717) is 10.9 Å². The van der Waals surface area contributed by atoms with E-state index < -0.39 is 28.3 Å². The Morgan fingerprint density at radius 1 is 1.20 bits per heavy atom. The van der Waals surface area contributed by atoms with Crippen LogP contribution in [0.15, 0.2) is 36.5 Å². The fourth-order valence-electron chi connectivity index (χ4n) is 2.54. The topological polar surface area (TPSA) is 122 Å². The monoisotopic (exact) mass is 423 g/mol. The third-order valence-electron chi connectivity index (χ3n) is 3.89. The van der Waals surface area contributed by atoms with Crippen molar-refractivity contribution < 1.29 is 32.4 Å². The Hall–Kier alpha value is -4.03. The first-order chi connectivity index (χ1) is 14.1. The van der Waals surface area contributed by atoms with Crippen LogP contribution >= 0.6 is 0 Å². The predicted octanol–water partition coefficient (Wildman–Crippen LogP) is 3.13. The number of rotatable bonds is 5. The van der Waals surface area contributed by atoms with Crippen molar-refractivity contribution in [2.24, 2.45) is 0 Å².